The Hall–Kier alpha value is -1.52. The smallest absolute Gasteiger partial charge is 0.244 e. The molecule has 1 aromatic rings. The second kappa shape index (κ2) is 4.13. The maximum absolute atomic E-state index is 11.5. The standard InChI is InChI=1S/C9H16N4O/c1-4-12(3)9(14)6-13-5-8(10)7(2)11-13/h5H,4,6,10H2,1-3H3. The summed E-state index contributed by atoms with van der Waals surface area (Å²) in [5, 5.41) is 4.11. The first-order valence-corrected chi connectivity index (χ1v) is 4.58. The van der Waals surface area contributed by atoms with Crippen LogP contribution >= 0.6 is 0 Å². The molecule has 5 nitrogen and oxygen atoms in total. The highest BCUT2D eigenvalue weighted by Crippen LogP contribution is 2.06. The lowest BCUT2D eigenvalue weighted by Crippen LogP contribution is -2.30. The van der Waals surface area contributed by atoms with Crippen molar-refractivity contribution in [2.24, 2.45) is 0 Å². The fraction of sp³-hybridized carbons (Fsp3) is 0.556. The van der Waals surface area contributed by atoms with Gasteiger partial charge in [-0.3, -0.25) is 9.48 Å². The number of nitrogen functional groups attached to an aromatic ring is 1. The van der Waals surface area contributed by atoms with Crippen LogP contribution in [0.2, 0.25) is 0 Å². The first-order chi connectivity index (χ1) is 6.54. The molecule has 1 heterocycles. The summed E-state index contributed by atoms with van der Waals surface area (Å²) >= 11 is 0. The van der Waals surface area contributed by atoms with Gasteiger partial charge in [0, 0.05) is 19.8 Å². The number of carbonyl (C=O) groups excluding carboxylic acids is 1. The average molecular weight is 196 g/mol. The normalized spacial score (nSPS) is 10.2. The Morgan fingerprint density at radius 2 is 2.36 bits per heavy atom. The van der Waals surface area contributed by atoms with Gasteiger partial charge in [0.1, 0.15) is 6.54 Å². The van der Waals surface area contributed by atoms with Gasteiger partial charge in [-0.25, -0.2) is 0 Å². The van der Waals surface area contributed by atoms with Crippen LogP contribution in [-0.4, -0.2) is 34.2 Å². The zero-order chi connectivity index (χ0) is 10.7. The Kier molecular flexibility index (Phi) is 3.11. The van der Waals surface area contributed by atoms with Crippen LogP contribution in [0.4, 0.5) is 5.69 Å². The Morgan fingerprint density at radius 1 is 1.71 bits per heavy atom. The van der Waals surface area contributed by atoms with Gasteiger partial charge in [0.15, 0.2) is 0 Å². The van der Waals surface area contributed by atoms with Gasteiger partial charge in [0.25, 0.3) is 0 Å². The molecule has 2 N–H and O–H groups in total. The lowest BCUT2D eigenvalue weighted by atomic mass is 10.4. The van der Waals surface area contributed by atoms with Gasteiger partial charge < -0.3 is 10.6 Å². The number of anilines is 1. The number of hydrogen-bond donors (Lipinski definition) is 1. The molecule has 0 bridgehead atoms. The van der Waals surface area contributed by atoms with E-state index in [0.29, 0.717) is 12.2 Å². The van der Waals surface area contributed by atoms with Crippen LogP contribution in [0.25, 0.3) is 0 Å². The van der Waals surface area contributed by atoms with Crippen molar-refractivity contribution in [2.45, 2.75) is 20.4 Å². The van der Waals surface area contributed by atoms with E-state index in [1.807, 2.05) is 13.8 Å². The highest BCUT2D eigenvalue weighted by Gasteiger charge is 2.09. The Labute approximate surface area is 83.5 Å². The van der Waals surface area contributed by atoms with E-state index in [1.54, 1.807) is 22.8 Å². The molecular formula is C9H16N4O. The second-order valence-electron chi connectivity index (χ2n) is 3.28. The molecule has 0 aliphatic heterocycles. The number of nitrogens with two attached hydrogens (primary N) is 1. The maximum Gasteiger partial charge on any atom is 0.244 e. The third-order valence-corrected chi connectivity index (χ3v) is 2.18. The molecule has 0 unspecified atom stereocenters. The molecule has 0 saturated carbocycles. The number of amides is 1. The largest absolute Gasteiger partial charge is 0.396 e. The average Bonchev–Trinajstić information content (AvgIpc) is 2.44. The van der Waals surface area contributed by atoms with E-state index in [-0.39, 0.29) is 12.5 Å². The lowest BCUT2D eigenvalue weighted by Gasteiger charge is -2.13. The summed E-state index contributed by atoms with van der Waals surface area (Å²) in [5.41, 5.74) is 7.00. The Bertz CT molecular complexity index is 312. The van der Waals surface area contributed by atoms with E-state index in [0.717, 1.165) is 5.69 Å². The second-order valence-corrected chi connectivity index (χ2v) is 3.28. The first kappa shape index (κ1) is 10.6. The summed E-state index contributed by atoms with van der Waals surface area (Å²) in [6.07, 6.45) is 1.68. The molecular weight excluding hydrogens is 180 g/mol. The minimum Gasteiger partial charge on any atom is -0.396 e. The van der Waals surface area contributed by atoms with Crippen LogP contribution in [-0.2, 0) is 11.3 Å². The molecule has 0 spiro atoms. The van der Waals surface area contributed by atoms with Crippen LogP contribution in [0.3, 0.4) is 0 Å². The van der Waals surface area contributed by atoms with Crippen molar-refractivity contribution in [3.63, 3.8) is 0 Å². The molecule has 0 aliphatic rings. The van der Waals surface area contributed by atoms with Crippen LogP contribution in [0.1, 0.15) is 12.6 Å². The molecule has 0 saturated heterocycles. The molecule has 0 aliphatic carbocycles. The van der Waals surface area contributed by atoms with Gasteiger partial charge in [-0.05, 0) is 13.8 Å². The van der Waals surface area contributed by atoms with E-state index >= 15 is 0 Å². The SMILES string of the molecule is CCN(C)C(=O)Cn1cc(N)c(C)n1. The summed E-state index contributed by atoms with van der Waals surface area (Å²) < 4.78 is 1.57. The maximum atomic E-state index is 11.5. The van der Waals surface area contributed by atoms with Gasteiger partial charge in [-0.15, -0.1) is 0 Å². The zero-order valence-electron chi connectivity index (χ0n) is 8.82. The number of rotatable bonds is 3. The minimum atomic E-state index is 0.0370. The van der Waals surface area contributed by atoms with Gasteiger partial charge in [-0.1, -0.05) is 0 Å². The topological polar surface area (TPSA) is 64.2 Å². The fourth-order valence-electron chi connectivity index (χ4n) is 1.05. The van der Waals surface area contributed by atoms with Crippen molar-refractivity contribution >= 4 is 11.6 Å². The van der Waals surface area contributed by atoms with Crippen LogP contribution in [0.15, 0.2) is 6.20 Å². The summed E-state index contributed by atoms with van der Waals surface area (Å²) in [6, 6.07) is 0. The van der Waals surface area contributed by atoms with Crippen LogP contribution in [0, 0.1) is 6.92 Å². The van der Waals surface area contributed by atoms with E-state index in [9.17, 15) is 4.79 Å². The monoisotopic (exact) mass is 196 g/mol. The van der Waals surface area contributed by atoms with Gasteiger partial charge in [0.05, 0.1) is 11.4 Å². The lowest BCUT2D eigenvalue weighted by molar-refractivity contribution is -0.130. The van der Waals surface area contributed by atoms with E-state index < -0.39 is 0 Å². The highest BCUT2D eigenvalue weighted by molar-refractivity contribution is 5.75. The molecule has 78 valence electrons. The number of hydrogen-bond acceptors (Lipinski definition) is 3. The molecule has 1 aromatic heterocycles. The van der Waals surface area contributed by atoms with Gasteiger partial charge in [0.2, 0.25) is 5.91 Å². The number of aryl methyl sites for hydroxylation is 1. The van der Waals surface area contributed by atoms with Crippen molar-refractivity contribution in [3.05, 3.63) is 11.9 Å². The minimum absolute atomic E-state index is 0.0370. The number of carbonyl (C=O) groups is 1. The number of likely N-dealkylation sites (N-methyl/N-ethyl adjacent to an activating group) is 1. The molecule has 5 heteroatoms. The third kappa shape index (κ3) is 2.25. The van der Waals surface area contributed by atoms with E-state index in [4.69, 9.17) is 5.73 Å². The van der Waals surface area contributed by atoms with Gasteiger partial charge >= 0.3 is 0 Å². The van der Waals surface area contributed by atoms with Crippen molar-refractivity contribution in [1.82, 2.24) is 14.7 Å². The molecule has 0 atom stereocenters. The predicted molar refractivity (Wildman–Crippen MR) is 54.7 cm³/mol. The Morgan fingerprint density at radius 3 is 2.79 bits per heavy atom. The van der Waals surface area contributed by atoms with Crippen LogP contribution < -0.4 is 5.73 Å². The summed E-state index contributed by atoms with van der Waals surface area (Å²) in [5.74, 6) is 0.0370. The Balaban J connectivity index is 2.65. The number of nitrogens with zero attached hydrogens (tertiary/aromatic N) is 3. The van der Waals surface area contributed by atoms with Crippen molar-refractivity contribution < 1.29 is 4.79 Å². The molecule has 0 aromatic carbocycles. The molecule has 0 fully saturated rings. The summed E-state index contributed by atoms with van der Waals surface area (Å²) in [4.78, 5) is 13.1. The van der Waals surface area contributed by atoms with Gasteiger partial charge in [-0.2, -0.15) is 5.10 Å². The number of aromatic nitrogens is 2. The zero-order valence-corrected chi connectivity index (χ0v) is 8.82. The quantitative estimate of drug-likeness (QED) is 0.753. The summed E-state index contributed by atoms with van der Waals surface area (Å²) in [7, 11) is 1.77. The van der Waals surface area contributed by atoms with Crippen molar-refractivity contribution in [1.29, 1.82) is 0 Å². The third-order valence-electron chi connectivity index (χ3n) is 2.18. The van der Waals surface area contributed by atoms with Crippen LogP contribution in [0.5, 0.6) is 0 Å². The molecule has 1 rings (SSSR count). The predicted octanol–water partition coefficient (Wildman–Crippen LogP) is 0.252. The van der Waals surface area contributed by atoms with E-state index in [2.05, 4.69) is 5.10 Å². The molecule has 0 radical (unpaired) electrons. The van der Waals surface area contributed by atoms with Crippen molar-refractivity contribution in [3.8, 4) is 0 Å². The summed E-state index contributed by atoms with van der Waals surface area (Å²) in [6.45, 7) is 4.71. The molecule has 1 amide bonds. The van der Waals surface area contributed by atoms with E-state index in [1.165, 1.54) is 0 Å². The highest BCUT2D eigenvalue weighted by atomic mass is 16.2. The fourth-order valence-corrected chi connectivity index (χ4v) is 1.05. The van der Waals surface area contributed by atoms with Crippen molar-refractivity contribution in [2.75, 3.05) is 19.3 Å². The molecule has 14 heavy (non-hydrogen) atoms. The first-order valence-electron chi connectivity index (χ1n) is 4.58.